The molecule has 0 aliphatic heterocycles. The average molecular weight is 239 g/mol. The van der Waals surface area contributed by atoms with Crippen molar-refractivity contribution in [2.45, 2.75) is 26.0 Å². The number of rotatable bonds is 6. The lowest BCUT2D eigenvalue weighted by molar-refractivity contribution is 0.282. The van der Waals surface area contributed by atoms with Gasteiger partial charge in [0.2, 0.25) is 0 Å². The van der Waals surface area contributed by atoms with Crippen LogP contribution < -0.4 is 4.90 Å². The number of aliphatic hydroxyl groups is 1. The standard InChI is InChI=1S/C13H21NOS/c1-11(8-9-16-3)14(2)13-7-5-4-6-12(13)10-15/h4-7,11,15H,8-10H2,1-3H3. The van der Waals surface area contributed by atoms with E-state index in [1.807, 2.05) is 30.0 Å². The van der Waals surface area contributed by atoms with E-state index in [0.717, 1.165) is 17.7 Å². The van der Waals surface area contributed by atoms with E-state index in [-0.39, 0.29) is 6.61 Å². The number of nitrogens with zero attached hydrogens (tertiary/aromatic N) is 1. The Hall–Kier alpha value is -0.670. The number of aliphatic hydroxyl groups excluding tert-OH is 1. The number of hydrogen-bond donors (Lipinski definition) is 1. The van der Waals surface area contributed by atoms with Crippen molar-refractivity contribution in [3.05, 3.63) is 29.8 Å². The minimum absolute atomic E-state index is 0.107. The molecule has 0 aromatic heterocycles. The molecule has 1 unspecified atom stereocenters. The Morgan fingerprint density at radius 3 is 2.69 bits per heavy atom. The van der Waals surface area contributed by atoms with Gasteiger partial charge in [-0.1, -0.05) is 18.2 Å². The highest BCUT2D eigenvalue weighted by molar-refractivity contribution is 7.98. The molecule has 1 aromatic rings. The first-order valence-electron chi connectivity index (χ1n) is 5.61. The van der Waals surface area contributed by atoms with E-state index in [9.17, 15) is 5.11 Å². The van der Waals surface area contributed by atoms with Gasteiger partial charge in [-0.3, -0.25) is 0 Å². The van der Waals surface area contributed by atoms with Gasteiger partial charge < -0.3 is 10.0 Å². The summed E-state index contributed by atoms with van der Waals surface area (Å²) in [4.78, 5) is 2.25. The smallest absolute Gasteiger partial charge is 0.0702 e. The summed E-state index contributed by atoms with van der Waals surface area (Å²) in [5.74, 6) is 1.17. The van der Waals surface area contributed by atoms with Gasteiger partial charge in [-0.25, -0.2) is 0 Å². The van der Waals surface area contributed by atoms with Crippen LogP contribution in [0.3, 0.4) is 0 Å². The number of para-hydroxylation sites is 1. The second-order valence-electron chi connectivity index (χ2n) is 4.03. The maximum atomic E-state index is 9.29. The summed E-state index contributed by atoms with van der Waals surface area (Å²) in [7, 11) is 2.10. The highest BCUT2D eigenvalue weighted by Crippen LogP contribution is 2.22. The van der Waals surface area contributed by atoms with Crippen LogP contribution in [0.1, 0.15) is 18.9 Å². The predicted molar refractivity (Wildman–Crippen MR) is 73.2 cm³/mol. The molecular weight excluding hydrogens is 218 g/mol. The highest BCUT2D eigenvalue weighted by atomic mass is 32.2. The molecule has 90 valence electrons. The molecule has 0 fully saturated rings. The van der Waals surface area contributed by atoms with Crippen molar-refractivity contribution in [1.82, 2.24) is 0 Å². The zero-order valence-electron chi connectivity index (χ0n) is 10.3. The number of thioether (sulfide) groups is 1. The minimum atomic E-state index is 0.107. The molecular formula is C13H21NOS. The fourth-order valence-corrected chi connectivity index (χ4v) is 2.28. The summed E-state index contributed by atoms with van der Waals surface area (Å²) >= 11 is 1.88. The van der Waals surface area contributed by atoms with Crippen LogP contribution in [0.25, 0.3) is 0 Å². The molecule has 1 N–H and O–H groups in total. The Morgan fingerprint density at radius 2 is 2.06 bits per heavy atom. The first kappa shape index (κ1) is 13.4. The molecule has 0 aliphatic rings. The van der Waals surface area contributed by atoms with E-state index in [1.54, 1.807) is 0 Å². The monoisotopic (exact) mass is 239 g/mol. The van der Waals surface area contributed by atoms with Crippen molar-refractivity contribution >= 4 is 17.4 Å². The number of anilines is 1. The van der Waals surface area contributed by atoms with Crippen molar-refractivity contribution in [3.63, 3.8) is 0 Å². The summed E-state index contributed by atoms with van der Waals surface area (Å²) in [6.45, 7) is 2.33. The molecule has 0 aliphatic carbocycles. The lowest BCUT2D eigenvalue weighted by atomic mass is 10.1. The van der Waals surface area contributed by atoms with Crippen LogP contribution in [-0.2, 0) is 6.61 Å². The Labute approximate surface area is 103 Å². The molecule has 0 saturated carbocycles. The first-order chi connectivity index (χ1) is 7.70. The summed E-state index contributed by atoms with van der Waals surface area (Å²) in [6, 6.07) is 8.54. The van der Waals surface area contributed by atoms with E-state index in [4.69, 9.17) is 0 Å². The molecule has 1 aromatic carbocycles. The maximum absolute atomic E-state index is 9.29. The Bertz CT molecular complexity index is 317. The highest BCUT2D eigenvalue weighted by Gasteiger charge is 2.12. The number of hydrogen-bond acceptors (Lipinski definition) is 3. The molecule has 1 atom stereocenters. The van der Waals surface area contributed by atoms with Crippen molar-refractivity contribution < 1.29 is 5.11 Å². The van der Waals surface area contributed by atoms with Crippen LogP contribution in [0.4, 0.5) is 5.69 Å². The third-order valence-electron chi connectivity index (χ3n) is 2.94. The molecule has 0 radical (unpaired) electrons. The van der Waals surface area contributed by atoms with Gasteiger partial charge >= 0.3 is 0 Å². The quantitative estimate of drug-likeness (QED) is 0.825. The largest absolute Gasteiger partial charge is 0.392 e. The normalized spacial score (nSPS) is 12.5. The van der Waals surface area contributed by atoms with Crippen LogP contribution in [-0.4, -0.2) is 30.2 Å². The molecule has 0 saturated heterocycles. The second kappa shape index (κ2) is 6.81. The first-order valence-corrected chi connectivity index (χ1v) is 7.00. The van der Waals surface area contributed by atoms with Crippen LogP contribution >= 0.6 is 11.8 Å². The van der Waals surface area contributed by atoms with E-state index in [0.29, 0.717) is 6.04 Å². The molecule has 0 heterocycles. The third kappa shape index (κ3) is 3.42. The Morgan fingerprint density at radius 1 is 1.38 bits per heavy atom. The molecule has 16 heavy (non-hydrogen) atoms. The molecule has 0 spiro atoms. The Kier molecular flexibility index (Phi) is 5.71. The van der Waals surface area contributed by atoms with Gasteiger partial charge in [0.05, 0.1) is 6.61 Å². The van der Waals surface area contributed by atoms with Gasteiger partial charge in [0.15, 0.2) is 0 Å². The summed E-state index contributed by atoms with van der Waals surface area (Å²) < 4.78 is 0. The predicted octanol–water partition coefficient (Wildman–Crippen LogP) is 2.76. The topological polar surface area (TPSA) is 23.5 Å². The van der Waals surface area contributed by atoms with Gasteiger partial charge in [-0.05, 0) is 31.4 Å². The summed E-state index contributed by atoms with van der Waals surface area (Å²) in [5.41, 5.74) is 2.14. The van der Waals surface area contributed by atoms with Crippen molar-refractivity contribution in [3.8, 4) is 0 Å². The van der Waals surface area contributed by atoms with Gasteiger partial charge in [-0.15, -0.1) is 0 Å². The summed E-state index contributed by atoms with van der Waals surface area (Å²) in [6.07, 6.45) is 3.30. The average Bonchev–Trinajstić information content (AvgIpc) is 2.34. The molecule has 0 amide bonds. The van der Waals surface area contributed by atoms with E-state index >= 15 is 0 Å². The maximum Gasteiger partial charge on any atom is 0.0702 e. The van der Waals surface area contributed by atoms with E-state index in [2.05, 4.69) is 31.2 Å². The van der Waals surface area contributed by atoms with E-state index < -0.39 is 0 Å². The van der Waals surface area contributed by atoms with Gasteiger partial charge in [0.1, 0.15) is 0 Å². The fraction of sp³-hybridized carbons (Fsp3) is 0.538. The fourth-order valence-electron chi connectivity index (χ4n) is 1.71. The van der Waals surface area contributed by atoms with Crippen LogP contribution in [0.15, 0.2) is 24.3 Å². The van der Waals surface area contributed by atoms with Crippen LogP contribution in [0, 0.1) is 0 Å². The molecule has 0 bridgehead atoms. The van der Waals surface area contributed by atoms with Gasteiger partial charge in [-0.2, -0.15) is 11.8 Å². The Balaban J connectivity index is 2.74. The molecule has 3 heteroatoms. The lowest BCUT2D eigenvalue weighted by Gasteiger charge is -2.28. The molecule has 2 nitrogen and oxygen atoms in total. The van der Waals surface area contributed by atoms with Crippen LogP contribution in [0.5, 0.6) is 0 Å². The second-order valence-corrected chi connectivity index (χ2v) is 5.01. The summed E-state index contributed by atoms with van der Waals surface area (Å²) in [5, 5.41) is 9.29. The van der Waals surface area contributed by atoms with Crippen LogP contribution in [0.2, 0.25) is 0 Å². The van der Waals surface area contributed by atoms with Gasteiger partial charge in [0, 0.05) is 24.3 Å². The van der Waals surface area contributed by atoms with E-state index in [1.165, 1.54) is 5.75 Å². The zero-order valence-corrected chi connectivity index (χ0v) is 11.1. The zero-order chi connectivity index (χ0) is 12.0. The minimum Gasteiger partial charge on any atom is -0.392 e. The van der Waals surface area contributed by atoms with Crippen molar-refractivity contribution in [2.75, 3.05) is 24.0 Å². The van der Waals surface area contributed by atoms with Crippen molar-refractivity contribution in [2.24, 2.45) is 0 Å². The van der Waals surface area contributed by atoms with Crippen molar-refractivity contribution in [1.29, 1.82) is 0 Å². The number of benzene rings is 1. The lowest BCUT2D eigenvalue weighted by Crippen LogP contribution is -2.30. The van der Waals surface area contributed by atoms with Gasteiger partial charge in [0.25, 0.3) is 0 Å². The molecule has 1 rings (SSSR count). The SMILES string of the molecule is CSCCC(C)N(C)c1ccccc1CO. The third-order valence-corrected chi connectivity index (χ3v) is 3.59.